The molecule has 0 aromatic heterocycles. The van der Waals surface area contributed by atoms with Crippen molar-refractivity contribution in [3.05, 3.63) is 34.6 Å². The second-order valence-corrected chi connectivity index (χ2v) is 6.35. The van der Waals surface area contributed by atoms with Crippen molar-refractivity contribution in [1.29, 1.82) is 0 Å². The summed E-state index contributed by atoms with van der Waals surface area (Å²) in [5, 5.41) is 10.5. The summed E-state index contributed by atoms with van der Waals surface area (Å²) in [6, 6.07) is 4.78. The van der Waals surface area contributed by atoms with Crippen LogP contribution in [-0.2, 0) is 6.42 Å². The van der Waals surface area contributed by atoms with Crippen LogP contribution in [-0.4, -0.2) is 11.2 Å². The highest BCUT2D eigenvalue weighted by Gasteiger charge is 2.38. The molecular weight excluding hydrogens is 251 g/mol. The van der Waals surface area contributed by atoms with Crippen molar-refractivity contribution in [2.24, 2.45) is 11.3 Å². The quantitative estimate of drug-likeness (QED) is 0.872. The van der Waals surface area contributed by atoms with E-state index in [0.29, 0.717) is 12.0 Å². The van der Waals surface area contributed by atoms with Crippen LogP contribution in [0, 0.1) is 17.2 Å². The Kier molecular flexibility index (Phi) is 3.98. The van der Waals surface area contributed by atoms with E-state index in [1.807, 2.05) is 0 Å². The van der Waals surface area contributed by atoms with Crippen LogP contribution in [0.25, 0.3) is 0 Å². The minimum Gasteiger partial charge on any atom is -0.392 e. The molecule has 1 aliphatic rings. The number of halogens is 2. The zero-order valence-corrected chi connectivity index (χ0v) is 11.7. The summed E-state index contributed by atoms with van der Waals surface area (Å²) in [5.41, 5.74) is 0.867. The van der Waals surface area contributed by atoms with Gasteiger partial charge in [0.2, 0.25) is 0 Å². The summed E-state index contributed by atoms with van der Waals surface area (Å²) in [4.78, 5) is 0. The van der Waals surface area contributed by atoms with Crippen molar-refractivity contribution in [3.8, 4) is 0 Å². The normalized spacial score (nSPS) is 24.2. The summed E-state index contributed by atoms with van der Waals surface area (Å²) >= 11 is 5.93. The van der Waals surface area contributed by atoms with Crippen LogP contribution in [0.5, 0.6) is 0 Å². The van der Waals surface area contributed by atoms with Gasteiger partial charge in [0, 0.05) is 6.42 Å². The van der Waals surface area contributed by atoms with Crippen molar-refractivity contribution < 1.29 is 9.50 Å². The largest absolute Gasteiger partial charge is 0.392 e. The van der Waals surface area contributed by atoms with Crippen molar-refractivity contribution in [2.75, 3.05) is 0 Å². The van der Waals surface area contributed by atoms with Crippen LogP contribution in [0.3, 0.4) is 0 Å². The van der Waals surface area contributed by atoms with Gasteiger partial charge in [0.05, 0.1) is 11.1 Å². The van der Waals surface area contributed by atoms with E-state index >= 15 is 0 Å². The average Bonchev–Trinajstić information content (AvgIpc) is 2.65. The van der Waals surface area contributed by atoms with Crippen molar-refractivity contribution >= 4 is 11.6 Å². The fourth-order valence-electron chi connectivity index (χ4n) is 3.14. The lowest BCUT2D eigenvalue weighted by Crippen LogP contribution is -2.31. The highest BCUT2D eigenvalue weighted by atomic mass is 35.5. The van der Waals surface area contributed by atoms with Crippen molar-refractivity contribution in [2.45, 2.75) is 45.6 Å². The van der Waals surface area contributed by atoms with Gasteiger partial charge in [-0.25, -0.2) is 4.39 Å². The van der Waals surface area contributed by atoms with E-state index in [0.717, 1.165) is 19.3 Å². The molecule has 0 radical (unpaired) electrons. The molecule has 2 rings (SSSR count). The molecule has 0 amide bonds. The van der Waals surface area contributed by atoms with E-state index in [1.54, 1.807) is 12.1 Å². The standard InChI is InChI=1S/C15H20ClFO/c1-15(2)8-4-6-11(15)13(18)9-10-5-3-7-12(17)14(10)16/h3,5,7,11,13,18H,4,6,8-9H2,1-2H3. The predicted molar refractivity (Wildman–Crippen MR) is 72.2 cm³/mol. The van der Waals surface area contributed by atoms with Crippen molar-refractivity contribution in [3.63, 3.8) is 0 Å². The molecular formula is C15H20ClFO. The minimum atomic E-state index is -0.443. The molecule has 1 saturated carbocycles. The van der Waals surface area contributed by atoms with Gasteiger partial charge in [-0.05, 0) is 35.8 Å². The van der Waals surface area contributed by atoms with Crippen LogP contribution in [0.15, 0.2) is 18.2 Å². The van der Waals surface area contributed by atoms with E-state index in [2.05, 4.69) is 13.8 Å². The highest BCUT2D eigenvalue weighted by molar-refractivity contribution is 6.31. The Morgan fingerprint density at radius 3 is 2.83 bits per heavy atom. The Labute approximate surface area is 113 Å². The molecule has 0 saturated heterocycles. The molecule has 1 fully saturated rings. The summed E-state index contributed by atoms with van der Waals surface area (Å²) in [6.07, 6.45) is 3.34. The summed E-state index contributed by atoms with van der Waals surface area (Å²) in [7, 11) is 0. The molecule has 2 atom stereocenters. The van der Waals surface area contributed by atoms with Gasteiger partial charge in [-0.3, -0.25) is 0 Å². The van der Waals surface area contributed by atoms with E-state index in [1.165, 1.54) is 6.07 Å². The Balaban J connectivity index is 2.12. The second kappa shape index (κ2) is 5.18. The molecule has 1 aromatic carbocycles. The van der Waals surface area contributed by atoms with E-state index < -0.39 is 11.9 Å². The van der Waals surface area contributed by atoms with Gasteiger partial charge in [0.25, 0.3) is 0 Å². The maximum Gasteiger partial charge on any atom is 0.142 e. The number of aliphatic hydroxyl groups is 1. The third kappa shape index (κ3) is 2.70. The smallest absolute Gasteiger partial charge is 0.142 e. The molecule has 100 valence electrons. The number of aliphatic hydroxyl groups excluding tert-OH is 1. The zero-order chi connectivity index (χ0) is 13.3. The van der Waals surface area contributed by atoms with Gasteiger partial charge < -0.3 is 5.11 Å². The molecule has 1 aliphatic carbocycles. The van der Waals surface area contributed by atoms with Gasteiger partial charge in [-0.15, -0.1) is 0 Å². The molecule has 1 nitrogen and oxygen atoms in total. The first-order chi connectivity index (χ1) is 8.42. The van der Waals surface area contributed by atoms with Gasteiger partial charge in [0.15, 0.2) is 0 Å². The molecule has 18 heavy (non-hydrogen) atoms. The van der Waals surface area contributed by atoms with Gasteiger partial charge in [-0.1, -0.05) is 44.0 Å². The molecule has 0 bridgehead atoms. The van der Waals surface area contributed by atoms with E-state index in [9.17, 15) is 9.50 Å². The number of rotatable bonds is 3. The Hall–Kier alpha value is -0.600. The van der Waals surface area contributed by atoms with Crippen LogP contribution >= 0.6 is 11.6 Å². The van der Waals surface area contributed by atoms with Gasteiger partial charge in [-0.2, -0.15) is 0 Å². The summed E-state index contributed by atoms with van der Waals surface area (Å²) < 4.78 is 13.3. The topological polar surface area (TPSA) is 20.2 Å². The first kappa shape index (κ1) is 13.8. The van der Waals surface area contributed by atoms with Gasteiger partial charge in [0.1, 0.15) is 5.82 Å². The SMILES string of the molecule is CC1(C)CCCC1C(O)Cc1cccc(F)c1Cl. The first-order valence-corrected chi connectivity index (χ1v) is 6.90. The van der Waals surface area contributed by atoms with Gasteiger partial charge >= 0.3 is 0 Å². The third-order valence-corrected chi connectivity index (χ3v) is 4.69. The maximum absolute atomic E-state index is 13.3. The summed E-state index contributed by atoms with van der Waals surface area (Å²) in [6.45, 7) is 4.39. The number of benzene rings is 1. The third-order valence-electron chi connectivity index (χ3n) is 4.27. The predicted octanol–water partition coefficient (Wildman–Crippen LogP) is 4.21. The van der Waals surface area contributed by atoms with Crippen LogP contribution in [0.1, 0.15) is 38.7 Å². The molecule has 3 heteroatoms. The van der Waals surface area contributed by atoms with Crippen LogP contribution in [0.2, 0.25) is 5.02 Å². The molecule has 1 N–H and O–H groups in total. The Bertz CT molecular complexity index is 431. The number of hydrogen-bond acceptors (Lipinski definition) is 1. The van der Waals surface area contributed by atoms with Crippen molar-refractivity contribution in [1.82, 2.24) is 0 Å². The lowest BCUT2D eigenvalue weighted by molar-refractivity contribution is 0.0542. The van der Waals surface area contributed by atoms with Crippen LogP contribution in [0.4, 0.5) is 4.39 Å². The Morgan fingerprint density at radius 1 is 1.50 bits per heavy atom. The average molecular weight is 271 g/mol. The molecule has 1 aromatic rings. The lowest BCUT2D eigenvalue weighted by atomic mass is 9.77. The molecule has 0 aliphatic heterocycles. The Morgan fingerprint density at radius 2 is 2.22 bits per heavy atom. The monoisotopic (exact) mass is 270 g/mol. The van der Waals surface area contributed by atoms with Crippen LogP contribution < -0.4 is 0 Å². The number of hydrogen-bond donors (Lipinski definition) is 1. The zero-order valence-electron chi connectivity index (χ0n) is 10.9. The minimum absolute atomic E-state index is 0.146. The fourth-order valence-corrected chi connectivity index (χ4v) is 3.34. The fraction of sp³-hybridized carbons (Fsp3) is 0.600. The molecule has 0 spiro atoms. The van der Waals surface area contributed by atoms with E-state index in [-0.39, 0.29) is 16.4 Å². The second-order valence-electron chi connectivity index (χ2n) is 5.97. The first-order valence-electron chi connectivity index (χ1n) is 6.53. The molecule has 0 heterocycles. The van der Waals surface area contributed by atoms with E-state index in [4.69, 9.17) is 11.6 Å². The highest BCUT2D eigenvalue weighted by Crippen LogP contribution is 2.45. The maximum atomic E-state index is 13.3. The molecule has 2 unspecified atom stereocenters. The lowest BCUT2D eigenvalue weighted by Gasteiger charge is -2.31. The summed E-state index contributed by atoms with van der Waals surface area (Å²) in [5.74, 6) is -0.135.